The van der Waals surface area contributed by atoms with Crippen LogP contribution in [-0.2, 0) is 14.3 Å². The predicted molar refractivity (Wildman–Crippen MR) is 377 cm³/mol. The zero-order valence-corrected chi connectivity index (χ0v) is 55.7. The van der Waals surface area contributed by atoms with E-state index >= 15 is 0 Å². The van der Waals surface area contributed by atoms with Crippen LogP contribution in [0.4, 0.5) is 0 Å². The standard InChI is InChI=1S/C79H129NO8/c1-3-5-7-9-11-13-15-17-19-21-23-25-27-29-31-33-34-35-36-37-38-39-40-41-43-45-47-49-51-53-55-57-59-61-63-65-67-69-75(83)80-72(71-87-79-78(86)77(85)76(84)74(70-81)88-79)73(82)68-66-64-62-60-58-56-54-52-50-48-46-44-42-32-30-28-26-24-22-20-18-16-14-12-10-8-6-4-2/h5,7,11,13,17,19,23,25,29,31,34-35,37-38,40-41,45,47,50-53,57-60,66,68,72-74,76-79,81-82,84-86H,3-4,6,8-10,12,14-16,18,20-22,24,26-28,30,32-33,36,39,42-44,46,48-49,54-56,61-65,67,69-71H2,1-2H3,(H,80,83)/b7-5-,13-11-,19-17-,25-23-,31-29-,35-34-,38-37-,41-40-,47-45-,52-50+,53-51-,59-57-,60-58+,68-66+. The van der Waals surface area contributed by atoms with Gasteiger partial charge in [-0.2, -0.15) is 0 Å². The van der Waals surface area contributed by atoms with Crippen molar-refractivity contribution in [1.29, 1.82) is 0 Å². The zero-order valence-electron chi connectivity index (χ0n) is 55.7. The van der Waals surface area contributed by atoms with Gasteiger partial charge in [-0.1, -0.05) is 300 Å². The minimum atomic E-state index is -1.59. The Morgan fingerprint density at radius 2 is 0.716 bits per heavy atom. The van der Waals surface area contributed by atoms with E-state index in [4.69, 9.17) is 9.47 Å². The summed E-state index contributed by atoms with van der Waals surface area (Å²) in [5.41, 5.74) is 0. The average molecular weight is 1220 g/mol. The molecule has 0 aromatic rings. The number of carbonyl (C=O) groups is 1. The van der Waals surface area contributed by atoms with E-state index in [1.165, 1.54) is 116 Å². The maximum atomic E-state index is 13.1. The molecule has 1 rings (SSSR count). The third-order valence-electron chi connectivity index (χ3n) is 15.5. The van der Waals surface area contributed by atoms with E-state index in [1.807, 2.05) is 6.08 Å². The molecule has 0 bridgehead atoms. The highest BCUT2D eigenvalue weighted by atomic mass is 16.7. The molecule has 0 radical (unpaired) electrons. The summed E-state index contributed by atoms with van der Waals surface area (Å²) < 4.78 is 11.3. The van der Waals surface area contributed by atoms with Gasteiger partial charge in [-0.15, -0.1) is 0 Å². The highest BCUT2D eigenvalue weighted by Crippen LogP contribution is 2.23. The summed E-state index contributed by atoms with van der Waals surface area (Å²) in [4.78, 5) is 13.1. The third-order valence-corrected chi connectivity index (χ3v) is 15.5. The first-order valence-electron chi connectivity index (χ1n) is 35.4. The second-order valence-corrected chi connectivity index (χ2v) is 23.6. The van der Waals surface area contributed by atoms with Crippen LogP contribution < -0.4 is 5.32 Å². The van der Waals surface area contributed by atoms with Gasteiger partial charge in [0.25, 0.3) is 0 Å². The zero-order chi connectivity index (χ0) is 63.5. The Bertz CT molecular complexity index is 2000. The van der Waals surface area contributed by atoms with Crippen molar-refractivity contribution in [3.63, 3.8) is 0 Å². The van der Waals surface area contributed by atoms with Crippen molar-refractivity contribution in [2.45, 2.75) is 307 Å². The lowest BCUT2D eigenvalue weighted by molar-refractivity contribution is -0.302. The monoisotopic (exact) mass is 1220 g/mol. The molecule has 1 amide bonds. The number of aliphatic hydroxyl groups is 5. The van der Waals surface area contributed by atoms with Crippen LogP contribution in [0.25, 0.3) is 0 Å². The average Bonchev–Trinajstić information content (AvgIpc) is 3.29. The number of hydrogen-bond acceptors (Lipinski definition) is 8. The number of carbonyl (C=O) groups excluding carboxylic acids is 1. The van der Waals surface area contributed by atoms with E-state index in [-0.39, 0.29) is 18.9 Å². The van der Waals surface area contributed by atoms with Gasteiger partial charge in [-0.3, -0.25) is 4.79 Å². The maximum absolute atomic E-state index is 13.1. The van der Waals surface area contributed by atoms with Crippen LogP contribution in [-0.4, -0.2) is 87.5 Å². The fourth-order valence-corrected chi connectivity index (χ4v) is 10.0. The Labute approximate surface area is 538 Å². The first kappa shape index (κ1) is 81.6. The summed E-state index contributed by atoms with van der Waals surface area (Å²) in [6.45, 7) is 3.63. The second kappa shape index (κ2) is 65.5. The van der Waals surface area contributed by atoms with Gasteiger partial charge in [0, 0.05) is 6.42 Å². The molecule has 0 aromatic carbocycles. The number of nitrogens with one attached hydrogen (secondary N) is 1. The van der Waals surface area contributed by atoms with E-state index in [9.17, 15) is 30.3 Å². The fourth-order valence-electron chi connectivity index (χ4n) is 10.0. The lowest BCUT2D eigenvalue weighted by atomic mass is 9.99. The van der Waals surface area contributed by atoms with Crippen LogP contribution in [0.2, 0.25) is 0 Å². The van der Waals surface area contributed by atoms with Gasteiger partial charge in [-0.25, -0.2) is 0 Å². The van der Waals surface area contributed by atoms with E-state index < -0.39 is 49.5 Å². The molecule has 0 saturated carbocycles. The molecule has 498 valence electrons. The van der Waals surface area contributed by atoms with Crippen LogP contribution in [0.3, 0.4) is 0 Å². The van der Waals surface area contributed by atoms with Gasteiger partial charge in [0.05, 0.1) is 25.4 Å². The summed E-state index contributed by atoms with van der Waals surface area (Å²) >= 11 is 0. The third kappa shape index (κ3) is 53.4. The molecule has 1 heterocycles. The molecule has 0 aliphatic carbocycles. The highest BCUT2D eigenvalue weighted by Gasteiger charge is 2.44. The van der Waals surface area contributed by atoms with Gasteiger partial charge in [0.2, 0.25) is 5.91 Å². The molecule has 9 heteroatoms. The van der Waals surface area contributed by atoms with E-state index in [0.717, 1.165) is 116 Å². The number of aliphatic hydroxyl groups excluding tert-OH is 5. The number of unbranched alkanes of at least 4 members (excludes halogenated alkanes) is 23. The van der Waals surface area contributed by atoms with Crippen molar-refractivity contribution in [2.24, 2.45) is 0 Å². The number of hydrogen-bond donors (Lipinski definition) is 6. The number of amides is 1. The van der Waals surface area contributed by atoms with Crippen molar-refractivity contribution >= 4 is 5.91 Å². The molecule has 1 fully saturated rings. The maximum Gasteiger partial charge on any atom is 0.220 e. The Balaban J connectivity index is 2.24. The van der Waals surface area contributed by atoms with Crippen LogP contribution in [0.5, 0.6) is 0 Å². The number of rotatable bonds is 59. The number of ether oxygens (including phenoxy) is 2. The van der Waals surface area contributed by atoms with Gasteiger partial charge in [0.1, 0.15) is 24.4 Å². The normalized spacial score (nSPS) is 19.0. The first-order chi connectivity index (χ1) is 43.3. The molecular formula is C79H129NO8. The molecule has 1 aliphatic rings. The van der Waals surface area contributed by atoms with Gasteiger partial charge in [0.15, 0.2) is 6.29 Å². The Morgan fingerprint density at radius 3 is 1.09 bits per heavy atom. The van der Waals surface area contributed by atoms with Crippen molar-refractivity contribution in [2.75, 3.05) is 13.2 Å². The molecule has 7 unspecified atom stereocenters. The van der Waals surface area contributed by atoms with Crippen LogP contribution in [0, 0.1) is 0 Å². The minimum absolute atomic E-state index is 0.228. The molecule has 0 aromatic heterocycles. The highest BCUT2D eigenvalue weighted by molar-refractivity contribution is 5.76. The smallest absolute Gasteiger partial charge is 0.220 e. The summed E-state index contributed by atoms with van der Waals surface area (Å²) in [6.07, 6.45) is 97.4. The van der Waals surface area contributed by atoms with Crippen molar-refractivity contribution in [3.05, 3.63) is 170 Å². The SMILES string of the molecule is CC/C=C\C/C=C\C/C=C\C/C=C\C/C=C\C/C=C\C/C=C\C/C=C\C/C=C\C/C=C\C/C=C\CCCCCC(=O)NC(COC1OC(CO)C(O)C(O)C1O)C(O)/C=C/CC/C=C/CC/C=C/CCCCCCCCCCCCCCCCCCCC. The molecule has 7 atom stereocenters. The van der Waals surface area contributed by atoms with Crippen LogP contribution in [0.15, 0.2) is 170 Å². The van der Waals surface area contributed by atoms with Gasteiger partial charge >= 0.3 is 0 Å². The van der Waals surface area contributed by atoms with Crippen molar-refractivity contribution in [1.82, 2.24) is 5.32 Å². The molecular weight excluding hydrogens is 1090 g/mol. The Kier molecular flexibility index (Phi) is 60.7. The number of allylic oxidation sites excluding steroid dienone is 27. The first-order valence-corrected chi connectivity index (χ1v) is 35.4. The minimum Gasteiger partial charge on any atom is -0.394 e. The predicted octanol–water partition coefficient (Wildman–Crippen LogP) is 19.7. The lowest BCUT2D eigenvalue weighted by Crippen LogP contribution is -2.60. The quantitative estimate of drug-likeness (QED) is 0.0261. The topological polar surface area (TPSA) is 149 Å². The molecule has 1 aliphatic heterocycles. The molecule has 88 heavy (non-hydrogen) atoms. The molecule has 6 N–H and O–H groups in total. The van der Waals surface area contributed by atoms with E-state index in [2.05, 4.69) is 177 Å². The molecule has 0 spiro atoms. The summed E-state index contributed by atoms with van der Waals surface area (Å²) in [5, 5.41) is 54.7. The van der Waals surface area contributed by atoms with Gasteiger partial charge < -0.3 is 40.3 Å². The van der Waals surface area contributed by atoms with E-state index in [0.29, 0.717) is 12.8 Å². The fraction of sp³-hybridized carbons (Fsp3) is 0.633. The Morgan fingerprint density at radius 1 is 0.398 bits per heavy atom. The summed E-state index contributed by atoms with van der Waals surface area (Å²) in [7, 11) is 0. The Hall–Kier alpha value is -4.45. The second-order valence-electron chi connectivity index (χ2n) is 23.6. The summed E-state index contributed by atoms with van der Waals surface area (Å²) in [6, 6.07) is -0.862. The molecule has 9 nitrogen and oxygen atoms in total. The molecule has 1 saturated heterocycles. The van der Waals surface area contributed by atoms with Crippen LogP contribution >= 0.6 is 0 Å². The lowest BCUT2D eigenvalue weighted by Gasteiger charge is -2.40. The largest absolute Gasteiger partial charge is 0.394 e. The summed E-state index contributed by atoms with van der Waals surface area (Å²) in [5.74, 6) is -0.228. The van der Waals surface area contributed by atoms with Crippen molar-refractivity contribution < 1.29 is 39.8 Å². The van der Waals surface area contributed by atoms with E-state index in [1.54, 1.807) is 6.08 Å². The van der Waals surface area contributed by atoms with Crippen molar-refractivity contribution in [3.8, 4) is 0 Å². The van der Waals surface area contributed by atoms with Gasteiger partial charge in [-0.05, 0) is 128 Å². The van der Waals surface area contributed by atoms with Crippen LogP contribution in [0.1, 0.15) is 264 Å².